The number of nitrogens with zero attached hydrogens (tertiary/aromatic N) is 3. The second-order valence-electron chi connectivity index (χ2n) is 3.08. The fourth-order valence-corrected chi connectivity index (χ4v) is 1.54. The Morgan fingerprint density at radius 1 is 1.71 bits per heavy atom. The first kappa shape index (κ1) is 11.0. The van der Waals surface area contributed by atoms with Gasteiger partial charge in [-0.05, 0) is 6.42 Å². The topological polar surface area (TPSA) is 54.5 Å². The Kier molecular flexibility index (Phi) is 4.39. The molecular formula is C9H16N4S. The van der Waals surface area contributed by atoms with E-state index in [1.54, 1.807) is 11.3 Å². The number of hydrogen-bond donors (Lipinski definition) is 1. The monoisotopic (exact) mass is 212 g/mol. The maximum atomic E-state index is 5.77. The maximum absolute atomic E-state index is 5.77. The van der Waals surface area contributed by atoms with Crippen LogP contribution < -0.4 is 5.73 Å². The van der Waals surface area contributed by atoms with Crippen molar-refractivity contribution in [2.45, 2.75) is 19.9 Å². The van der Waals surface area contributed by atoms with Crippen molar-refractivity contribution >= 4 is 17.3 Å². The molecule has 2 N–H and O–H groups in total. The van der Waals surface area contributed by atoms with Crippen molar-refractivity contribution in [3.05, 3.63) is 16.6 Å². The highest BCUT2D eigenvalue weighted by Gasteiger charge is 2.03. The van der Waals surface area contributed by atoms with Crippen molar-refractivity contribution in [3.63, 3.8) is 0 Å². The van der Waals surface area contributed by atoms with Gasteiger partial charge in [-0.15, -0.1) is 11.3 Å². The number of aromatic nitrogens is 1. The molecule has 0 saturated heterocycles. The van der Waals surface area contributed by atoms with Crippen LogP contribution in [0.5, 0.6) is 0 Å². The summed E-state index contributed by atoms with van der Waals surface area (Å²) in [7, 11) is 1.92. The lowest BCUT2D eigenvalue weighted by Gasteiger charge is -2.16. The van der Waals surface area contributed by atoms with Crippen LogP contribution in [0.15, 0.2) is 15.9 Å². The summed E-state index contributed by atoms with van der Waals surface area (Å²) in [6.45, 7) is 3.59. The summed E-state index contributed by atoms with van der Waals surface area (Å²) >= 11 is 1.59. The van der Waals surface area contributed by atoms with E-state index in [-0.39, 0.29) is 0 Å². The van der Waals surface area contributed by atoms with Gasteiger partial charge in [0.05, 0.1) is 17.7 Å². The Morgan fingerprint density at radius 2 is 2.50 bits per heavy atom. The molecule has 0 unspecified atom stereocenters. The summed E-state index contributed by atoms with van der Waals surface area (Å²) in [4.78, 5) is 10.3. The van der Waals surface area contributed by atoms with Crippen LogP contribution in [0.25, 0.3) is 0 Å². The Hall–Kier alpha value is -1.10. The minimum absolute atomic E-state index is 0.583. The van der Waals surface area contributed by atoms with Gasteiger partial charge in [0.15, 0.2) is 5.96 Å². The van der Waals surface area contributed by atoms with Crippen molar-refractivity contribution in [1.29, 1.82) is 0 Å². The summed E-state index contributed by atoms with van der Waals surface area (Å²) in [5, 5.41) is 2.02. The zero-order chi connectivity index (χ0) is 10.4. The lowest BCUT2D eigenvalue weighted by molar-refractivity contribution is 0.485. The Morgan fingerprint density at radius 3 is 3.07 bits per heavy atom. The van der Waals surface area contributed by atoms with E-state index in [0.717, 1.165) is 25.2 Å². The van der Waals surface area contributed by atoms with Crippen molar-refractivity contribution in [1.82, 2.24) is 9.88 Å². The highest BCUT2D eigenvalue weighted by molar-refractivity contribution is 7.07. The SMILES string of the molecule is CCCN=C(N)N(C)Cc1cscn1. The third-order valence-electron chi connectivity index (χ3n) is 1.77. The highest BCUT2D eigenvalue weighted by Crippen LogP contribution is 2.03. The molecule has 0 saturated carbocycles. The molecule has 0 aliphatic carbocycles. The molecule has 0 bridgehead atoms. The lowest BCUT2D eigenvalue weighted by Crippen LogP contribution is -2.33. The van der Waals surface area contributed by atoms with E-state index in [2.05, 4.69) is 16.9 Å². The molecule has 0 radical (unpaired) electrons. The van der Waals surface area contributed by atoms with E-state index >= 15 is 0 Å². The van der Waals surface area contributed by atoms with E-state index in [1.807, 2.05) is 22.8 Å². The molecule has 0 aliphatic heterocycles. The van der Waals surface area contributed by atoms with Crippen LogP contribution in [-0.4, -0.2) is 29.4 Å². The normalized spacial score (nSPS) is 11.7. The molecule has 0 amide bonds. The van der Waals surface area contributed by atoms with Gasteiger partial charge in [-0.1, -0.05) is 6.92 Å². The van der Waals surface area contributed by atoms with E-state index < -0.39 is 0 Å². The van der Waals surface area contributed by atoms with Crippen LogP contribution in [0.1, 0.15) is 19.0 Å². The molecule has 5 heteroatoms. The average molecular weight is 212 g/mol. The van der Waals surface area contributed by atoms with Crippen molar-refractivity contribution in [3.8, 4) is 0 Å². The number of guanidine groups is 1. The molecule has 1 heterocycles. The summed E-state index contributed by atoms with van der Waals surface area (Å²) in [6, 6.07) is 0. The number of thiazole rings is 1. The summed E-state index contributed by atoms with van der Waals surface area (Å²) in [6.07, 6.45) is 1.02. The third kappa shape index (κ3) is 3.33. The number of nitrogens with two attached hydrogens (primary N) is 1. The summed E-state index contributed by atoms with van der Waals surface area (Å²) < 4.78 is 0. The fraction of sp³-hybridized carbons (Fsp3) is 0.556. The van der Waals surface area contributed by atoms with Crippen molar-refractivity contribution in [2.24, 2.45) is 10.7 Å². The van der Waals surface area contributed by atoms with Gasteiger partial charge in [0.2, 0.25) is 0 Å². The van der Waals surface area contributed by atoms with E-state index in [9.17, 15) is 0 Å². The van der Waals surface area contributed by atoms with Gasteiger partial charge in [-0.2, -0.15) is 0 Å². The third-order valence-corrected chi connectivity index (χ3v) is 2.41. The van der Waals surface area contributed by atoms with Gasteiger partial charge in [0.25, 0.3) is 0 Å². The number of hydrogen-bond acceptors (Lipinski definition) is 3. The average Bonchev–Trinajstić information content (AvgIpc) is 2.66. The van der Waals surface area contributed by atoms with Gasteiger partial charge in [0, 0.05) is 19.0 Å². The molecule has 78 valence electrons. The minimum atomic E-state index is 0.583. The van der Waals surface area contributed by atoms with Crippen molar-refractivity contribution < 1.29 is 0 Å². The molecule has 1 aromatic rings. The predicted molar refractivity (Wildman–Crippen MR) is 60.4 cm³/mol. The van der Waals surface area contributed by atoms with Crippen LogP contribution in [0.4, 0.5) is 0 Å². The van der Waals surface area contributed by atoms with Crippen LogP contribution in [0.3, 0.4) is 0 Å². The molecule has 14 heavy (non-hydrogen) atoms. The second kappa shape index (κ2) is 5.59. The van der Waals surface area contributed by atoms with E-state index in [1.165, 1.54) is 0 Å². The first-order valence-corrected chi connectivity index (χ1v) is 5.56. The van der Waals surface area contributed by atoms with E-state index in [0.29, 0.717) is 5.96 Å². The first-order valence-electron chi connectivity index (χ1n) is 4.62. The smallest absolute Gasteiger partial charge is 0.191 e. The Labute approximate surface area is 88.5 Å². The van der Waals surface area contributed by atoms with Gasteiger partial charge in [-0.25, -0.2) is 4.98 Å². The Balaban J connectivity index is 2.45. The zero-order valence-corrected chi connectivity index (χ0v) is 9.42. The first-order chi connectivity index (χ1) is 6.74. The lowest BCUT2D eigenvalue weighted by atomic mass is 10.4. The molecule has 4 nitrogen and oxygen atoms in total. The zero-order valence-electron chi connectivity index (χ0n) is 8.60. The van der Waals surface area contributed by atoms with Crippen LogP contribution in [0.2, 0.25) is 0 Å². The second-order valence-corrected chi connectivity index (χ2v) is 3.79. The largest absolute Gasteiger partial charge is 0.370 e. The van der Waals surface area contributed by atoms with Crippen LogP contribution in [0, 0.1) is 0 Å². The maximum Gasteiger partial charge on any atom is 0.191 e. The molecular weight excluding hydrogens is 196 g/mol. The van der Waals surface area contributed by atoms with Gasteiger partial charge in [-0.3, -0.25) is 4.99 Å². The van der Waals surface area contributed by atoms with Crippen LogP contribution >= 0.6 is 11.3 Å². The standard InChI is InChI=1S/C9H16N4S/c1-3-4-11-9(10)13(2)5-8-6-14-7-12-8/h6-7H,3-5H2,1-2H3,(H2,10,11). The van der Waals surface area contributed by atoms with E-state index in [4.69, 9.17) is 5.73 Å². The molecule has 0 atom stereocenters. The van der Waals surface area contributed by atoms with Gasteiger partial charge in [0.1, 0.15) is 0 Å². The summed E-state index contributed by atoms with van der Waals surface area (Å²) in [5.41, 5.74) is 8.63. The summed E-state index contributed by atoms with van der Waals surface area (Å²) in [5.74, 6) is 0.583. The minimum Gasteiger partial charge on any atom is -0.370 e. The quantitative estimate of drug-likeness (QED) is 0.604. The molecule has 1 aromatic heterocycles. The molecule has 1 rings (SSSR count). The Bertz CT molecular complexity index is 281. The molecule has 0 aliphatic rings. The fourth-order valence-electron chi connectivity index (χ4n) is 0.987. The van der Waals surface area contributed by atoms with Crippen molar-refractivity contribution in [2.75, 3.05) is 13.6 Å². The van der Waals surface area contributed by atoms with Gasteiger partial charge < -0.3 is 10.6 Å². The molecule has 0 aromatic carbocycles. The predicted octanol–water partition coefficient (Wildman–Crippen LogP) is 1.30. The van der Waals surface area contributed by atoms with Crippen LogP contribution in [-0.2, 0) is 6.54 Å². The molecule has 0 fully saturated rings. The highest BCUT2D eigenvalue weighted by atomic mass is 32.1. The van der Waals surface area contributed by atoms with Gasteiger partial charge >= 0.3 is 0 Å². The number of rotatable bonds is 4. The molecule has 0 spiro atoms. The number of aliphatic imine (C=N–C) groups is 1.